The van der Waals surface area contributed by atoms with Gasteiger partial charge in [0, 0.05) is 38.8 Å². The van der Waals surface area contributed by atoms with Crippen molar-refractivity contribution >= 4 is 41.5 Å². The number of rotatable bonds is 6. The summed E-state index contributed by atoms with van der Waals surface area (Å²) in [5, 5.41) is 6.87. The van der Waals surface area contributed by atoms with E-state index in [1.165, 1.54) is 31.2 Å². The molecule has 0 atom stereocenters. The Labute approximate surface area is 174 Å². The predicted molar refractivity (Wildman–Crippen MR) is 118 cm³/mol. The van der Waals surface area contributed by atoms with Crippen molar-refractivity contribution in [2.75, 3.05) is 25.0 Å². The fraction of sp³-hybridized carbons (Fsp3) is 0.600. The Balaban J connectivity index is 0.00000243. The van der Waals surface area contributed by atoms with E-state index < -0.39 is 0 Å². The van der Waals surface area contributed by atoms with Crippen LogP contribution in [-0.2, 0) is 11.3 Å². The predicted octanol–water partition coefficient (Wildman–Crippen LogP) is 3.68. The number of guanidine groups is 1. The molecule has 1 aromatic carbocycles. The fourth-order valence-electron chi connectivity index (χ4n) is 3.72. The zero-order valence-corrected chi connectivity index (χ0v) is 18.2. The molecule has 2 fully saturated rings. The van der Waals surface area contributed by atoms with Gasteiger partial charge in [-0.3, -0.25) is 9.79 Å². The molecule has 0 spiro atoms. The lowest BCUT2D eigenvalue weighted by atomic mass is 9.67. The van der Waals surface area contributed by atoms with Crippen molar-refractivity contribution in [3.05, 3.63) is 29.8 Å². The number of carbonyl (C=O) groups excluding carboxylic acids is 1. The molecule has 2 N–H and O–H groups in total. The van der Waals surface area contributed by atoms with E-state index in [0.29, 0.717) is 11.8 Å². The van der Waals surface area contributed by atoms with Crippen molar-refractivity contribution in [3.63, 3.8) is 0 Å². The number of nitrogens with one attached hydrogen (secondary N) is 2. The van der Waals surface area contributed by atoms with Crippen molar-refractivity contribution in [2.45, 2.75) is 52.0 Å². The highest BCUT2D eigenvalue weighted by Gasteiger charge is 2.34. The van der Waals surface area contributed by atoms with Crippen LogP contribution in [0.3, 0.4) is 0 Å². The van der Waals surface area contributed by atoms with E-state index in [1.54, 1.807) is 0 Å². The minimum absolute atomic E-state index is 0. The summed E-state index contributed by atoms with van der Waals surface area (Å²) in [6.45, 7) is 4.85. The van der Waals surface area contributed by atoms with Gasteiger partial charge in [-0.15, -0.1) is 24.0 Å². The summed E-state index contributed by atoms with van der Waals surface area (Å²) in [7, 11) is 1.82. The zero-order valence-electron chi connectivity index (χ0n) is 15.9. The molecule has 1 amide bonds. The topological polar surface area (TPSA) is 56.7 Å². The first kappa shape index (κ1) is 21.0. The quantitative estimate of drug-likeness (QED) is 0.379. The Hall–Kier alpha value is -1.31. The number of hydrogen-bond acceptors (Lipinski definition) is 2. The van der Waals surface area contributed by atoms with Gasteiger partial charge < -0.3 is 15.5 Å². The lowest BCUT2D eigenvalue weighted by Gasteiger charge is -2.41. The van der Waals surface area contributed by atoms with Crippen LogP contribution in [0.5, 0.6) is 0 Å². The molecule has 26 heavy (non-hydrogen) atoms. The van der Waals surface area contributed by atoms with Crippen LogP contribution in [0, 0.1) is 5.41 Å². The highest BCUT2D eigenvalue weighted by atomic mass is 127. The minimum Gasteiger partial charge on any atom is -0.356 e. The standard InChI is InChI=1S/C20H30N4O.HI/c1-3-20(11-5-12-20)15-23-19(21-2)22-14-16-7-9-17(10-8-16)24-13-4-6-18(24)25;/h7-10H,3-6,11-15H2,1-2H3,(H2,21,22,23);1H. The van der Waals surface area contributed by atoms with Crippen LogP contribution in [0.1, 0.15) is 51.0 Å². The molecule has 0 unspecified atom stereocenters. The van der Waals surface area contributed by atoms with Crippen molar-refractivity contribution in [2.24, 2.45) is 10.4 Å². The Kier molecular flexibility index (Phi) is 7.73. The molecule has 6 heteroatoms. The molecule has 1 saturated heterocycles. The third-order valence-electron chi connectivity index (χ3n) is 5.80. The van der Waals surface area contributed by atoms with Crippen molar-refractivity contribution in [1.82, 2.24) is 10.6 Å². The normalized spacial score (nSPS) is 18.9. The average molecular weight is 470 g/mol. The SMILES string of the molecule is CCC1(CNC(=NC)NCc2ccc(N3CCCC3=O)cc2)CCC1.I. The molecule has 2 aliphatic rings. The van der Waals surface area contributed by atoms with Gasteiger partial charge in [0.2, 0.25) is 5.91 Å². The van der Waals surface area contributed by atoms with Gasteiger partial charge in [-0.25, -0.2) is 0 Å². The van der Waals surface area contributed by atoms with E-state index >= 15 is 0 Å². The molecule has 0 bridgehead atoms. The molecule has 1 saturated carbocycles. The van der Waals surface area contributed by atoms with Crippen LogP contribution in [0.4, 0.5) is 5.69 Å². The van der Waals surface area contributed by atoms with Gasteiger partial charge in [0.1, 0.15) is 0 Å². The monoisotopic (exact) mass is 470 g/mol. The van der Waals surface area contributed by atoms with Crippen molar-refractivity contribution in [3.8, 4) is 0 Å². The largest absolute Gasteiger partial charge is 0.356 e. The number of aliphatic imine (C=N–C) groups is 1. The number of halogens is 1. The summed E-state index contributed by atoms with van der Waals surface area (Å²) >= 11 is 0. The second-order valence-corrected chi connectivity index (χ2v) is 7.30. The van der Waals surface area contributed by atoms with Crippen LogP contribution in [0.15, 0.2) is 29.3 Å². The third kappa shape index (κ3) is 4.90. The molecule has 0 aromatic heterocycles. The van der Waals surface area contributed by atoms with Gasteiger partial charge in [0.15, 0.2) is 5.96 Å². The third-order valence-corrected chi connectivity index (χ3v) is 5.80. The number of nitrogens with zero attached hydrogens (tertiary/aromatic N) is 2. The van der Waals surface area contributed by atoms with Crippen molar-refractivity contribution in [1.29, 1.82) is 0 Å². The van der Waals surface area contributed by atoms with E-state index in [4.69, 9.17) is 0 Å². The molecule has 1 aliphatic heterocycles. The highest BCUT2D eigenvalue weighted by molar-refractivity contribution is 14.0. The number of benzene rings is 1. The van der Waals surface area contributed by atoms with E-state index in [2.05, 4.69) is 34.7 Å². The first-order valence-corrected chi connectivity index (χ1v) is 9.50. The summed E-state index contributed by atoms with van der Waals surface area (Å²) in [6, 6.07) is 8.25. The van der Waals surface area contributed by atoms with E-state index in [1.807, 2.05) is 24.1 Å². The molecule has 0 radical (unpaired) electrons. The van der Waals surface area contributed by atoms with Crippen LogP contribution in [0.2, 0.25) is 0 Å². The first-order valence-electron chi connectivity index (χ1n) is 9.50. The second kappa shape index (κ2) is 9.58. The van der Waals surface area contributed by atoms with Crippen LogP contribution >= 0.6 is 24.0 Å². The fourth-order valence-corrected chi connectivity index (χ4v) is 3.72. The van der Waals surface area contributed by atoms with Gasteiger partial charge in [-0.1, -0.05) is 25.5 Å². The molecule has 1 aromatic rings. The summed E-state index contributed by atoms with van der Waals surface area (Å²) < 4.78 is 0. The Morgan fingerprint density at radius 2 is 1.92 bits per heavy atom. The maximum Gasteiger partial charge on any atom is 0.227 e. The maximum atomic E-state index is 11.8. The Morgan fingerprint density at radius 3 is 2.42 bits per heavy atom. The van der Waals surface area contributed by atoms with Crippen LogP contribution < -0.4 is 15.5 Å². The molecular formula is C20H31IN4O. The average Bonchev–Trinajstić information content (AvgIpc) is 3.03. The smallest absolute Gasteiger partial charge is 0.227 e. The van der Waals surface area contributed by atoms with Crippen LogP contribution in [0.25, 0.3) is 0 Å². The summed E-state index contributed by atoms with van der Waals surface area (Å²) in [6.07, 6.45) is 6.86. The van der Waals surface area contributed by atoms with E-state index in [9.17, 15) is 4.79 Å². The summed E-state index contributed by atoms with van der Waals surface area (Å²) in [4.78, 5) is 18.0. The molecule has 144 valence electrons. The summed E-state index contributed by atoms with van der Waals surface area (Å²) in [5.41, 5.74) is 2.66. The van der Waals surface area contributed by atoms with Gasteiger partial charge in [0.05, 0.1) is 0 Å². The highest BCUT2D eigenvalue weighted by Crippen LogP contribution is 2.42. The van der Waals surface area contributed by atoms with E-state index in [0.717, 1.165) is 37.7 Å². The lowest BCUT2D eigenvalue weighted by Crippen LogP contribution is -2.46. The second-order valence-electron chi connectivity index (χ2n) is 7.30. The van der Waals surface area contributed by atoms with Crippen LogP contribution in [-0.4, -0.2) is 32.0 Å². The van der Waals surface area contributed by atoms with Crippen molar-refractivity contribution < 1.29 is 4.79 Å². The minimum atomic E-state index is 0. The molecule has 5 nitrogen and oxygen atoms in total. The van der Waals surface area contributed by atoms with Gasteiger partial charge >= 0.3 is 0 Å². The van der Waals surface area contributed by atoms with Gasteiger partial charge in [-0.2, -0.15) is 0 Å². The number of amides is 1. The summed E-state index contributed by atoms with van der Waals surface area (Å²) in [5.74, 6) is 1.09. The van der Waals surface area contributed by atoms with Gasteiger partial charge in [0.25, 0.3) is 0 Å². The molecule has 3 rings (SSSR count). The molecule has 1 heterocycles. The number of carbonyl (C=O) groups is 1. The Morgan fingerprint density at radius 1 is 1.19 bits per heavy atom. The number of hydrogen-bond donors (Lipinski definition) is 2. The lowest BCUT2D eigenvalue weighted by molar-refractivity contribution is -0.117. The first-order chi connectivity index (χ1) is 12.2. The zero-order chi connectivity index (χ0) is 17.7. The molecular weight excluding hydrogens is 439 g/mol. The van der Waals surface area contributed by atoms with Gasteiger partial charge in [-0.05, 0) is 48.8 Å². The van der Waals surface area contributed by atoms with E-state index in [-0.39, 0.29) is 29.9 Å². The molecule has 1 aliphatic carbocycles. The maximum absolute atomic E-state index is 11.8. The Bertz CT molecular complexity index is 620. The number of anilines is 1.